The number of methoxy groups -OCH3 is 2. The number of likely N-dealkylation sites (N-methyl/N-ethyl adjacent to an activating group) is 1. The SMILES string of the molecule is CCNC(=O)C(Cc1ccccc1)N(Cc1ccc(Cl)c(Cl)c1)C(=O)COc1cc(OC)cc(OC)c1. The van der Waals surface area contributed by atoms with Gasteiger partial charge in [-0.15, -0.1) is 0 Å². The van der Waals surface area contributed by atoms with Crippen LogP contribution < -0.4 is 19.5 Å². The van der Waals surface area contributed by atoms with Gasteiger partial charge in [0.2, 0.25) is 5.91 Å². The molecule has 0 aliphatic heterocycles. The summed E-state index contributed by atoms with van der Waals surface area (Å²) in [5.74, 6) is 0.817. The van der Waals surface area contributed by atoms with Crippen LogP contribution in [0.25, 0.3) is 0 Å². The number of carbonyl (C=O) groups is 2. The lowest BCUT2D eigenvalue weighted by atomic mass is 10.0. The third kappa shape index (κ3) is 8.03. The zero-order valence-electron chi connectivity index (χ0n) is 21.0. The van der Waals surface area contributed by atoms with Crippen molar-refractivity contribution in [1.29, 1.82) is 0 Å². The Balaban J connectivity index is 1.92. The summed E-state index contributed by atoms with van der Waals surface area (Å²) >= 11 is 12.3. The fraction of sp³-hybridized carbons (Fsp3) is 0.286. The van der Waals surface area contributed by atoms with Gasteiger partial charge in [0.05, 0.1) is 24.3 Å². The second-order valence-corrected chi connectivity index (χ2v) is 9.02. The summed E-state index contributed by atoms with van der Waals surface area (Å²) in [5, 5.41) is 3.63. The van der Waals surface area contributed by atoms with Gasteiger partial charge in [-0.05, 0) is 30.2 Å². The van der Waals surface area contributed by atoms with Crippen molar-refractivity contribution < 1.29 is 23.8 Å². The minimum absolute atomic E-state index is 0.134. The summed E-state index contributed by atoms with van der Waals surface area (Å²) < 4.78 is 16.4. The van der Waals surface area contributed by atoms with Gasteiger partial charge >= 0.3 is 0 Å². The summed E-state index contributed by atoms with van der Waals surface area (Å²) in [6.07, 6.45) is 0.326. The highest BCUT2D eigenvalue weighted by Crippen LogP contribution is 2.28. The first-order valence-electron chi connectivity index (χ1n) is 11.8. The van der Waals surface area contributed by atoms with Gasteiger partial charge < -0.3 is 24.4 Å². The highest BCUT2D eigenvalue weighted by atomic mass is 35.5. The van der Waals surface area contributed by atoms with Gasteiger partial charge in [-0.3, -0.25) is 9.59 Å². The second-order valence-electron chi connectivity index (χ2n) is 8.21. The molecule has 37 heavy (non-hydrogen) atoms. The fourth-order valence-corrected chi connectivity index (χ4v) is 4.09. The molecule has 0 fully saturated rings. The molecule has 196 valence electrons. The van der Waals surface area contributed by atoms with E-state index >= 15 is 0 Å². The van der Waals surface area contributed by atoms with Gasteiger partial charge in [0.25, 0.3) is 5.91 Å². The highest BCUT2D eigenvalue weighted by molar-refractivity contribution is 6.42. The van der Waals surface area contributed by atoms with Crippen LogP contribution in [0.15, 0.2) is 66.7 Å². The Labute approximate surface area is 227 Å². The van der Waals surface area contributed by atoms with Crippen LogP contribution in [0.4, 0.5) is 0 Å². The summed E-state index contributed by atoms with van der Waals surface area (Å²) in [7, 11) is 3.06. The summed E-state index contributed by atoms with van der Waals surface area (Å²) in [4.78, 5) is 28.4. The Hall–Kier alpha value is -3.42. The number of carbonyl (C=O) groups excluding carboxylic acids is 2. The summed E-state index contributed by atoms with van der Waals surface area (Å²) in [6, 6.07) is 18.9. The average Bonchev–Trinajstić information content (AvgIpc) is 2.91. The van der Waals surface area contributed by atoms with Crippen LogP contribution in [0, 0.1) is 0 Å². The molecule has 3 aromatic carbocycles. The quantitative estimate of drug-likeness (QED) is 0.340. The largest absolute Gasteiger partial charge is 0.496 e. The molecule has 0 aliphatic carbocycles. The molecule has 3 aromatic rings. The fourth-order valence-electron chi connectivity index (χ4n) is 3.77. The Morgan fingerprint density at radius 2 is 1.51 bits per heavy atom. The molecule has 0 radical (unpaired) electrons. The maximum Gasteiger partial charge on any atom is 0.261 e. The molecule has 2 amide bonds. The van der Waals surface area contributed by atoms with Crippen LogP contribution in [-0.4, -0.2) is 50.1 Å². The summed E-state index contributed by atoms with van der Waals surface area (Å²) in [5.41, 5.74) is 1.65. The van der Waals surface area contributed by atoms with Crippen molar-refractivity contribution in [3.05, 3.63) is 87.9 Å². The van der Waals surface area contributed by atoms with Gasteiger partial charge in [0, 0.05) is 37.7 Å². The number of halogens is 2. The van der Waals surface area contributed by atoms with Crippen LogP contribution in [0.1, 0.15) is 18.1 Å². The predicted molar refractivity (Wildman–Crippen MR) is 145 cm³/mol. The Bertz CT molecular complexity index is 1180. The third-order valence-corrected chi connectivity index (χ3v) is 6.39. The van der Waals surface area contributed by atoms with Crippen molar-refractivity contribution in [2.75, 3.05) is 27.4 Å². The molecule has 0 heterocycles. The van der Waals surface area contributed by atoms with E-state index in [2.05, 4.69) is 5.32 Å². The normalized spacial score (nSPS) is 11.4. The summed E-state index contributed by atoms with van der Waals surface area (Å²) in [6.45, 7) is 2.10. The minimum Gasteiger partial charge on any atom is -0.496 e. The van der Waals surface area contributed by atoms with Crippen molar-refractivity contribution in [2.45, 2.75) is 25.9 Å². The van der Waals surface area contributed by atoms with Crippen LogP contribution in [0.2, 0.25) is 10.0 Å². The number of rotatable bonds is 12. The molecular formula is C28H30Cl2N2O5. The third-order valence-electron chi connectivity index (χ3n) is 5.65. The van der Waals surface area contributed by atoms with E-state index in [1.165, 1.54) is 19.1 Å². The smallest absolute Gasteiger partial charge is 0.261 e. The number of benzene rings is 3. The van der Waals surface area contributed by atoms with Crippen LogP contribution in [-0.2, 0) is 22.6 Å². The molecule has 3 rings (SSSR count). The second kappa shape index (κ2) is 13.8. The molecular weight excluding hydrogens is 515 g/mol. The standard InChI is InChI=1S/C28H30Cl2N2O5/c1-4-31-28(34)26(13-19-8-6-5-7-9-19)32(17-20-10-11-24(29)25(30)12-20)27(33)18-37-23-15-21(35-2)14-22(16-23)36-3/h5-12,14-16,26H,4,13,17-18H2,1-3H3,(H,31,34). The van der Waals surface area contributed by atoms with E-state index in [9.17, 15) is 9.59 Å². The monoisotopic (exact) mass is 544 g/mol. The van der Waals surface area contributed by atoms with E-state index in [4.69, 9.17) is 37.4 Å². The Morgan fingerprint density at radius 1 is 0.865 bits per heavy atom. The molecule has 0 saturated heterocycles. The maximum absolute atomic E-state index is 13.6. The number of ether oxygens (including phenoxy) is 3. The maximum atomic E-state index is 13.6. The average molecular weight is 545 g/mol. The van der Waals surface area contributed by atoms with E-state index in [0.29, 0.717) is 40.3 Å². The molecule has 0 aromatic heterocycles. The molecule has 7 nitrogen and oxygen atoms in total. The molecule has 0 spiro atoms. The Kier molecular flexibility index (Phi) is 10.5. The molecule has 0 bridgehead atoms. The molecule has 1 unspecified atom stereocenters. The highest BCUT2D eigenvalue weighted by Gasteiger charge is 2.30. The zero-order chi connectivity index (χ0) is 26.8. The van der Waals surface area contributed by atoms with E-state index in [-0.39, 0.29) is 25.0 Å². The molecule has 1 atom stereocenters. The van der Waals surface area contributed by atoms with Crippen molar-refractivity contribution in [2.24, 2.45) is 0 Å². The lowest BCUT2D eigenvalue weighted by molar-refractivity contribution is -0.142. The van der Waals surface area contributed by atoms with Crippen molar-refractivity contribution in [3.8, 4) is 17.2 Å². The van der Waals surface area contributed by atoms with Gasteiger partial charge in [-0.2, -0.15) is 0 Å². The van der Waals surface area contributed by atoms with Crippen molar-refractivity contribution in [3.63, 3.8) is 0 Å². The number of hydrogen-bond donors (Lipinski definition) is 1. The number of amides is 2. The van der Waals surface area contributed by atoms with E-state index in [1.54, 1.807) is 36.4 Å². The molecule has 9 heteroatoms. The van der Waals surface area contributed by atoms with E-state index in [0.717, 1.165) is 11.1 Å². The van der Waals surface area contributed by atoms with Gasteiger partial charge in [-0.1, -0.05) is 59.6 Å². The lowest BCUT2D eigenvalue weighted by Crippen LogP contribution is -2.51. The number of nitrogens with one attached hydrogen (secondary N) is 1. The van der Waals surface area contributed by atoms with Crippen LogP contribution in [0.3, 0.4) is 0 Å². The van der Waals surface area contributed by atoms with Gasteiger partial charge in [-0.25, -0.2) is 0 Å². The van der Waals surface area contributed by atoms with E-state index < -0.39 is 6.04 Å². The first-order valence-corrected chi connectivity index (χ1v) is 12.5. The minimum atomic E-state index is -0.784. The van der Waals surface area contributed by atoms with Crippen molar-refractivity contribution >= 4 is 35.0 Å². The molecule has 0 saturated carbocycles. The number of hydrogen-bond acceptors (Lipinski definition) is 5. The molecule has 0 aliphatic rings. The van der Waals surface area contributed by atoms with E-state index in [1.807, 2.05) is 37.3 Å². The van der Waals surface area contributed by atoms with Gasteiger partial charge in [0.15, 0.2) is 6.61 Å². The topological polar surface area (TPSA) is 77.1 Å². The predicted octanol–water partition coefficient (Wildman–Crippen LogP) is 5.17. The Morgan fingerprint density at radius 3 is 2.11 bits per heavy atom. The first-order chi connectivity index (χ1) is 17.8. The van der Waals surface area contributed by atoms with Crippen LogP contribution >= 0.6 is 23.2 Å². The van der Waals surface area contributed by atoms with Crippen molar-refractivity contribution in [1.82, 2.24) is 10.2 Å². The zero-order valence-corrected chi connectivity index (χ0v) is 22.5. The lowest BCUT2D eigenvalue weighted by Gasteiger charge is -2.31. The van der Waals surface area contributed by atoms with Gasteiger partial charge in [0.1, 0.15) is 23.3 Å². The first kappa shape index (κ1) is 28.2. The molecule has 1 N–H and O–H groups in total. The number of nitrogens with zero attached hydrogens (tertiary/aromatic N) is 1. The van der Waals surface area contributed by atoms with Crippen LogP contribution in [0.5, 0.6) is 17.2 Å².